The molecule has 7 nitrogen and oxygen atoms in total. The van der Waals surface area contributed by atoms with Crippen LogP contribution in [0, 0.1) is 0 Å². The number of nitrogens with one attached hydrogen (secondary N) is 1. The summed E-state index contributed by atoms with van der Waals surface area (Å²) in [6.45, 7) is 1.75. The average molecular weight is 209 g/mol. The zero-order valence-electron chi connectivity index (χ0n) is 8.39. The monoisotopic (exact) mass is 209 g/mol. The Morgan fingerprint density at radius 3 is 3.00 bits per heavy atom. The van der Waals surface area contributed by atoms with Gasteiger partial charge in [0.15, 0.2) is 11.9 Å². The summed E-state index contributed by atoms with van der Waals surface area (Å²) in [5.41, 5.74) is 6.58. The number of aromatic nitrogens is 4. The van der Waals surface area contributed by atoms with Gasteiger partial charge in [0.25, 0.3) is 0 Å². The number of ether oxygens (including phenoxy) is 2. The number of H-pyrrole nitrogens is 1. The number of hydrogen-bond acceptors (Lipinski definition) is 6. The lowest BCUT2D eigenvalue weighted by Crippen LogP contribution is -2.15. The molecule has 0 spiro atoms. The summed E-state index contributed by atoms with van der Waals surface area (Å²) < 4.78 is 10.4. The Balaban J connectivity index is 2.44. The molecule has 2 heterocycles. The predicted octanol–water partition coefficient (Wildman–Crippen LogP) is 0.306. The summed E-state index contributed by atoms with van der Waals surface area (Å²) in [6, 6.07) is 0. The fourth-order valence-corrected chi connectivity index (χ4v) is 1.11. The molecule has 0 amide bonds. The Kier molecular flexibility index (Phi) is 2.38. The molecule has 0 aliphatic carbocycles. The van der Waals surface area contributed by atoms with E-state index in [9.17, 15) is 0 Å². The molecule has 1 unspecified atom stereocenters. The Bertz CT molecular complexity index is 469. The summed E-state index contributed by atoms with van der Waals surface area (Å²) >= 11 is 0. The fraction of sp³-hybridized carbons (Fsp3) is 0.375. The number of anilines is 1. The summed E-state index contributed by atoms with van der Waals surface area (Å²) in [7, 11) is 1.54. The van der Waals surface area contributed by atoms with Gasteiger partial charge in [-0.2, -0.15) is 9.97 Å². The van der Waals surface area contributed by atoms with Crippen LogP contribution < -0.4 is 10.5 Å². The van der Waals surface area contributed by atoms with Crippen molar-refractivity contribution in [3.05, 3.63) is 6.33 Å². The SMILES string of the molecule is COC(C)Oc1nc(N)nc2nc[nH]c12. The van der Waals surface area contributed by atoms with Crippen molar-refractivity contribution >= 4 is 17.1 Å². The van der Waals surface area contributed by atoms with E-state index in [2.05, 4.69) is 19.9 Å². The first-order valence-electron chi connectivity index (χ1n) is 4.36. The summed E-state index contributed by atoms with van der Waals surface area (Å²) in [5, 5.41) is 0. The molecule has 2 rings (SSSR count). The van der Waals surface area contributed by atoms with E-state index in [0.29, 0.717) is 17.0 Å². The van der Waals surface area contributed by atoms with Gasteiger partial charge in [0, 0.05) is 7.11 Å². The average Bonchev–Trinajstić information content (AvgIpc) is 2.65. The minimum atomic E-state index is -0.411. The standard InChI is InChI=1S/C8H11N5O2/c1-4(14-2)15-7-5-6(11-3-10-5)12-8(9)13-7/h3-4H,1-2H3,(H3,9,10,11,12,13). The first-order valence-corrected chi connectivity index (χ1v) is 4.36. The maximum absolute atomic E-state index is 5.50. The number of fused-ring (bicyclic) bond motifs is 1. The van der Waals surface area contributed by atoms with Crippen LogP contribution in [0.1, 0.15) is 6.92 Å². The zero-order chi connectivity index (χ0) is 10.8. The predicted molar refractivity (Wildman–Crippen MR) is 53.2 cm³/mol. The van der Waals surface area contributed by atoms with Crippen LogP contribution in [-0.2, 0) is 4.74 Å². The lowest BCUT2D eigenvalue weighted by atomic mass is 10.5. The molecule has 0 saturated carbocycles. The summed E-state index contributed by atoms with van der Waals surface area (Å²) in [5.74, 6) is 0.456. The van der Waals surface area contributed by atoms with Gasteiger partial charge in [0.1, 0.15) is 5.52 Å². The molecule has 0 radical (unpaired) electrons. The van der Waals surface area contributed by atoms with E-state index >= 15 is 0 Å². The topological polar surface area (TPSA) is 98.9 Å². The minimum absolute atomic E-state index is 0.118. The van der Waals surface area contributed by atoms with Gasteiger partial charge in [-0.05, 0) is 6.92 Å². The molecule has 0 aliphatic rings. The van der Waals surface area contributed by atoms with Crippen LogP contribution in [0.15, 0.2) is 6.33 Å². The highest BCUT2D eigenvalue weighted by Gasteiger charge is 2.12. The van der Waals surface area contributed by atoms with Crippen molar-refractivity contribution in [1.82, 2.24) is 19.9 Å². The van der Waals surface area contributed by atoms with E-state index in [1.54, 1.807) is 14.0 Å². The minimum Gasteiger partial charge on any atom is -0.446 e. The van der Waals surface area contributed by atoms with E-state index < -0.39 is 6.29 Å². The van der Waals surface area contributed by atoms with Crippen LogP contribution in [0.4, 0.5) is 5.95 Å². The molecule has 0 aliphatic heterocycles. The number of nitrogen functional groups attached to an aromatic ring is 1. The molecule has 0 saturated heterocycles. The smallest absolute Gasteiger partial charge is 0.247 e. The van der Waals surface area contributed by atoms with Gasteiger partial charge >= 0.3 is 0 Å². The number of imidazole rings is 1. The largest absolute Gasteiger partial charge is 0.446 e. The van der Waals surface area contributed by atoms with Crippen LogP contribution in [0.2, 0.25) is 0 Å². The first kappa shape index (κ1) is 9.66. The molecular formula is C8H11N5O2. The third-order valence-electron chi connectivity index (χ3n) is 1.88. The van der Waals surface area contributed by atoms with Crippen molar-refractivity contribution in [2.24, 2.45) is 0 Å². The number of hydrogen-bond donors (Lipinski definition) is 2. The molecule has 80 valence electrons. The van der Waals surface area contributed by atoms with Gasteiger partial charge in [-0.1, -0.05) is 0 Å². The molecule has 1 atom stereocenters. The quantitative estimate of drug-likeness (QED) is 0.705. The van der Waals surface area contributed by atoms with Crippen LogP contribution in [-0.4, -0.2) is 33.3 Å². The van der Waals surface area contributed by atoms with E-state index in [4.69, 9.17) is 15.2 Å². The van der Waals surface area contributed by atoms with Crippen molar-refractivity contribution in [1.29, 1.82) is 0 Å². The summed E-state index contributed by atoms with van der Waals surface area (Å²) in [4.78, 5) is 14.7. The molecule has 0 bridgehead atoms. The highest BCUT2D eigenvalue weighted by molar-refractivity contribution is 5.76. The van der Waals surface area contributed by atoms with E-state index in [1.807, 2.05) is 0 Å². The van der Waals surface area contributed by atoms with Gasteiger partial charge in [0.05, 0.1) is 6.33 Å². The molecule has 15 heavy (non-hydrogen) atoms. The number of methoxy groups -OCH3 is 1. The molecule has 7 heteroatoms. The molecule has 3 N–H and O–H groups in total. The lowest BCUT2D eigenvalue weighted by Gasteiger charge is -2.11. The Hall–Kier alpha value is -1.89. The van der Waals surface area contributed by atoms with Crippen LogP contribution in [0.25, 0.3) is 11.2 Å². The van der Waals surface area contributed by atoms with Crippen molar-refractivity contribution in [3.63, 3.8) is 0 Å². The number of nitrogens with zero attached hydrogens (tertiary/aromatic N) is 3. The van der Waals surface area contributed by atoms with Gasteiger partial charge in [-0.25, -0.2) is 4.98 Å². The van der Waals surface area contributed by atoms with Crippen LogP contribution in [0.3, 0.4) is 0 Å². The van der Waals surface area contributed by atoms with E-state index in [0.717, 1.165) is 0 Å². The number of nitrogens with two attached hydrogens (primary N) is 1. The summed E-state index contributed by atoms with van der Waals surface area (Å²) in [6.07, 6.45) is 1.09. The van der Waals surface area contributed by atoms with Gasteiger partial charge < -0.3 is 20.2 Å². The molecule has 0 fully saturated rings. The maximum Gasteiger partial charge on any atom is 0.247 e. The van der Waals surface area contributed by atoms with Crippen molar-refractivity contribution in [3.8, 4) is 5.88 Å². The molecule has 2 aromatic heterocycles. The fourth-order valence-electron chi connectivity index (χ4n) is 1.11. The second-order valence-electron chi connectivity index (χ2n) is 2.91. The second kappa shape index (κ2) is 3.70. The van der Waals surface area contributed by atoms with Crippen LogP contribution in [0.5, 0.6) is 5.88 Å². The highest BCUT2D eigenvalue weighted by atomic mass is 16.7. The third-order valence-corrected chi connectivity index (χ3v) is 1.88. The number of aromatic amines is 1. The number of rotatable bonds is 3. The molecular weight excluding hydrogens is 198 g/mol. The van der Waals surface area contributed by atoms with Crippen molar-refractivity contribution in [2.75, 3.05) is 12.8 Å². The van der Waals surface area contributed by atoms with E-state index in [1.165, 1.54) is 6.33 Å². The van der Waals surface area contributed by atoms with E-state index in [-0.39, 0.29) is 5.95 Å². The molecule has 2 aromatic rings. The van der Waals surface area contributed by atoms with Gasteiger partial charge in [-0.3, -0.25) is 0 Å². The third kappa shape index (κ3) is 1.82. The van der Waals surface area contributed by atoms with Crippen LogP contribution >= 0.6 is 0 Å². The van der Waals surface area contributed by atoms with Gasteiger partial charge in [0.2, 0.25) is 11.8 Å². The van der Waals surface area contributed by atoms with Crippen molar-refractivity contribution in [2.45, 2.75) is 13.2 Å². The second-order valence-corrected chi connectivity index (χ2v) is 2.91. The Morgan fingerprint density at radius 2 is 2.27 bits per heavy atom. The zero-order valence-corrected chi connectivity index (χ0v) is 8.39. The van der Waals surface area contributed by atoms with Crippen molar-refractivity contribution < 1.29 is 9.47 Å². The first-order chi connectivity index (χ1) is 7.20. The normalized spacial score (nSPS) is 12.9. The Labute approximate surface area is 85.6 Å². The lowest BCUT2D eigenvalue weighted by molar-refractivity contribution is -0.0400. The molecule has 0 aromatic carbocycles. The van der Waals surface area contributed by atoms with Gasteiger partial charge in [-0.15, -0.1) is 0 Å². The Morgan fingerprint density at radius 1 is 1.47 bits per heavy atom. The maximum atomic E-state index is 5.50. The highest BCUT2D eigenvalue weighted by Crippen LogP contribution is 2.20.